The van der Waals surface area contributed by atoms with Crippen molar-refractivity contribution in [1.82, 2.24) is 9.80 Å². The molecule has 1 saturated heterocycles. The number of nitrogens with zero attached hydrogens (tertiary/aromatic N) is 3. The van der Waals surface area contributed by atoms with Crippen molar-refractivity contribution in [3.05, 3.63) is 25.4 Å². The van der Waals surface area contributed by atoms with Gasteiger partial charge in [0.25, 0.3) is 11.6 Å². The molecule has 0 bridgehead atoms. The topological polar surface area (TPSA) is 93.0 Å². The van der Waals surface area contributed by atoms with Crippen LogP contribution in [0.15, 0.2) is 6.07 Å². The predicted octanol–water partition coefficient (Wildman–Crippen LogP) is 2.22. The molecule has 0 N–H and O–H groups in total. The minimum Gasteiger partial charge on any atom is -0.450 e. The molecule has 2 heterocycles. The van der Waals surface area contributed by atoms with Gasteiger partial charge in [0.2, 0.25) is 0 Å². The van der Waals surface area contributed by atoms with Crippen LogP contribution in [0, 0.1) is 10.1 Å². The largest absolute Gasteiger partial charge is 0.450 e. The van der Waals surface area contributed by atoms with Gasteiger partial charge in [-0.25, -0.2) is 4.79 Å². The molecule has 2 rings (SSSR count). The van der Waals surface area contributed by atoms with E-state index in [4.69, 9.17) is 16.3 Å². The first kappa shape index (κ1) is 16.5. The Morgan fingerprint density at radius 1 is 1.36 bits per heavy atom. The molecule has 2 amide bonds. The van der Waals surface area contributed by atoms with Gasteiger partial charge in [0.15, 0.2) is 4.34 Å². The molecule has 22 heavy (non-hydrogen) atoms. The summed E-state index contributed by atoms with van der Waals surface area (Å²) in [7, 11) is 0. The second-order valence-electron chi connectivity index (χ2n) is 4.50. The van der Waals surface area contributed by atoms with Crippen molar-refractivity contribution in [3.8, 4) is 0 Å². The molecule has 1 aromatic heterocycles. The van der Waals surface area contributed by atoms with Gasteiger partial charge in [0.1, 0.15) is 4.88 Å². The Kier molecular flexibility index (Phi) is 5.19. The summed E-state index contributed by atoms with van der Waals surface area (Å²) in [6, 6.07) is 1.19. The second-order valence-corrected chi connectivity index (χ2v) is 6.16. The van der Waals surface area contributed by atoms with E-state index in [-0.39, 0.29) is 20.8 Å². The molecule has 0 aliphatic carbocycles. The highest BCUT2D eigenvalue weighted by Crippen LogP contribution is 2.34. The third-order valence-corrected chi connectivity index (χ3v) is 4.49. The Morgan fingerprint density at radius 2 is 1.95 bits per heavy atom. The zero-order chi connectivity index (χ0) is 16.3. The quantitative estimate of drug-likeness (QED) is 0.617. The molecule has 8 nitrogen and oxygen atoms in total. The number of hydrogen-bond donors (Lipinski definition) is 0. The molecule has 120 valence electrons. The number of thiophene rings is 1. The Bertz CT molecular complexity index is 598. The fourth-order valence-corrected chi connectivity index (χ4v) is 3.24. The van der Waals surface area contributed by atoms with E-state index in [1.165, 1.54) is 11.0 Å². The number of ether oxygens (including phenoxy) is 1. The van der Waals surface area contributed by atoms with Gasteiger partial charge in [0.05, 0.1) is 11.5 Å². The number of hydrogen-bond acceptors (Lipinski definition) is 6. The molecule has 1 aromatic rings. The van der Waals surface area contributed by atoms with Crippen LogP contribution in [0.25, 0.3) is 0 Å². The van der Waals surface area contributed by atoms with Crippen LogP contribution < -0.4 is 0 Å². The maximum atomic E-state index is 12.3. The highest BCUT2D eigenvalue weighted by molar-refractivity contribution is 7.18. The number of rotatable bonds is 3. The summed E-state index contributed by atoms with van der Waals surface area (Å²) in [6.45, 7) is 3.46. The van der Waals surface area contributed by atoms with Crippen LogP contribution in [-0.2, 0) is 4.74 Å². The van der Waals surface area contributed by atoms with E-state index in [1.54, 1.807) is 11.8 Å². The monoisotopic (exact) mass is 347 g/mol. The van der Waals surface area contributed by atoms with E-state index in [1.807, 2.05) is 0 Å². The number of halogens is 1. The standard InChI is InChI=1S/C12H14ClN3O5S/c1-2-21-12(18)15-5-3-14(4-6-15)11(17)9-7-8(16(19)20)10(13)22-9/h7H,2-6H2,1H3. The van der Waals surface area contributed by atoms with E-state index in [0.717, 1.165) is 11.3 Å². The van der Waals surface area contributed by atoms with E-state index < -0.39 is 11.0 Å². The summed E-state index contributed by atoms with van der Waals surface area (Å²) in [4.78, 5) is 37.3. The van der Waals surface area contributed by atoms with Gasteiger partial charge in [-0.05, 0) is 6.92 Å². The number of nitro groups is 1. The summed E-state index contributed by atoms with van der Waals surface area (Å²) >= 11 is 6.65. The van der Waals surface area contributed by atoms with Crippen molar-refractivity contribution in [1.29, 1.82) is 0 Å². The van der Waals surface area contributed by atoms with Gasteiger partial charge in [-0.3, -0.25) is 14.9 Å². The normalized spacial score (nSPS) is 14.8. The molecule has 1 aliphatic heterocycles. The number of amides is 2. The van der Waals surface area contributed by atoms with Gasteiger partial charge in [-0.15, -0.1) is 11.3 Å². The van der Waals surface area contributed by atoms with Crippen molar-refractivity contribution >= 4 is 40.6 Å². The number of piperazine rings is 1. The number of carbonyl (C=O) groups excluding carboxylic acids is 2. The average Bonchev–Trinajstić information content (AvgIpc) is 2.89. The van der Waals surface area contributed by atoms with E-state index in [2.05, 4.69) is 0 Å². The summed E-state index contributed by atoms with van der Waals surface area (Å²) in [6.07, 6.45) is -0.399. The minimum atomic E-state index is -0.617. The Hall–Kier alpha value is -1.87. The van der Waals surface area contributed by atoms with Crippen molar-refractivity contribution in [2.75, 3.05) is 32.8 Å². The van der Waals surface area contributed by atoms with Crippen LogP contribution in [0.5, 0.6) is 0 Å². The molecule has 1 fully saturated rings. The molecule has 0 unspecified atom stereocenters. The van der Waals surface area contributed by atoms with Crippen LogP contribution in [0.1, 0.15) is 16.6 Å². The highest BCUT2D eigenvalue weighted by atomic mass is 35.5. The average molecular weight is 348 g/mol. The predicted molar refractivity (Wildman–Crippen MR) is 80.5 cm³/mol. The lowest BCUT2D eigenvalue weighted by atomic mass is 10.3. The maximum absolute atomic E-state index is 12.3. The van der Waals surface area contributed by atoms with E-state index in [0.29, 0.717) is 32.8 Å². The molecule has 0 radical (unpaired) electrons. The van der Waals surface area contributed by atoms with Gasteiger partial charge >= 0.3 is 6.09 Å². The Morgan fingerprint density at radius 3 is 2.45 bits per heavy atom. The summed E-state index contributed by atoms with van der Waals surface area (Å²) in [5, 5.41) is 10.8. The lowest BCUT2D eigenvalue weighted by Gasteiger charge is -2.33. The second kappa shape index (κ2) is 6.93. The van der Waals surface area contributed by atoms with Crippen LogP contribution in [-0.4, -0.2) is 59.5 Å². The first-order chi connectivity index (χ1) is 10.4. The number of carbonyl (C=O) groups is 2. The smallest absolute Gasteiger partial charge is 0.409 e. The fourth-order valence-electron chi connectivity index (χ4n) is 2.05. The Labute approximate surface area is 135 Å². The third kappa shape index (κ3) is 3.47. The molecular weight excluding hydrogens is 334 g/mol. The molecule has 0 aromatic carbocycles. The molecule has 0 atom stereocenters. The first-order valence-corrected chi connectivity index (χ1v) is 7.78. The molecule has 1 aliphatic rings. The van der Waals surface area contributed by atoms with Crippen LogP contribution in [0.4, 0.5) is 10.5 Å². The summed E-state index contributed by atoms with van der Waals surface area (Å²) in [5.74, 6) is -0.316. The minimum absolute atomic E-state index is 0.0153. The van der Waals surface area contributed by atoms with E-state index in [9.17, 15) is 19.7 Å². The lowest BCUT2D eigenvalue weighted by molar-refractivity contribution is -0.384. The molecular formula is C12H14ClN3O5S. The molecule has 10 heteroatoms. The molecule has 0 spiro atoms. The van der Waals surface area contributed by atoms with Gasteiger partial charge in [-0.1, -0.05) is 11.6 Å². The zero-order valence-electron chi connectivity index (χ0n) is 11.8. The van der Waals surface area contributed by atoms with Crippen molar-refractivity contribution in [3.63, 3.8) is 0 Å². The third-order valence-electron chi connectivity index (χ3n) is 3.17. The maximum Gasteiger partial charge on any atom is 0.409 e. The lowest BCUT2D eigenvalue weighted by Crippen LogP contribution is -2.50. The SMILES string of the molecule is CCOC(=O)N1CCN(C(=O)c2cc([N+](=O)[O-])c(Cl)s2)CC1. The van der Waals surface area contributed by atoms with Crippen LogP contribution in [0.3, 0.4) is 0 Å². The van der Waals surface area contributed by atoms with Gasteiger partial charge < -0.3 is 14.5 Å². The van der Waals surface area contributed by atoms with Crippen LogP contribution in [0.2, 0.25) is 4.34 Å². The fraction of sp³-hybridized carbons (Fsp3) is 0.500. The van der Waals surface area contributed by atoms with Crippen molar-refractivity contribution < 1.29 is 19.2 Å². The van der Waals surface area contributed by atoms with E-state index >= 15 is 0 Å². The summed E-state index contributed by atoms with van der Waals surface area (Å²) < 4.78 is 4.89. The first-order valence-electron chi connectivity index (χ1n) is 6.58. The van der Waals surface area contributed by atoms with Crippen molar-refractivity contribution in [2.45, 2.75) is 6.92 Å². The zero-order valence-corrected chi connectivity index (χ0v) is 13.4. The highest BCUT2D eigenvalue weighted by Gasteiger charge is 2.28. The van der Waals surface area contributed by atoms with Gasteiger partial charge in [-0.2, -0.15) is 0 Å². The Balaban J connectivity index is 1.99. The van der Waals surface area contributed by atoms with Gasteiger partial charge in [0, 0.05) is 32.2 Å². The molecule has 0 saturated carbocycles. The van der Waals surface area contributed by atoms with Crippen molar-refractivity contribution in [2.24, 2.45) is 0 Å². The summed E-state index contributed by atoms with van der Waals surface area (Å²) in [5.41, 5.74) is -0.264. The van der Waals surface area contributed by atoms with Crippen LogP contribution >= 0.6 is 22.9 Å².